The minimum atomic E-state index is 0.0916. The summed E-state index contributed by atoms with van der Waals surface area (Å²) in [5.74, 6) is 0.635. The molecule has 0 spiro atoms. The maximum atomic E-state index is 12.6. The molecule has 122 valence electrons. The number of hydrogen-bond acceptors (Lipinski definition) is 4. The van der Waals surface area contributed by atoms with Gasteiger partial charge in [-0.2, -0.15) is 0 Å². The molecular formula is C17H27N3O2. The Bertz CT molecular complexity index is 493. The maximum Gasteiger partial charge on any atom is 0.253 e. The lowest BCUT2D eigenvalue weighted by Gasteiger charge is -2.34. The van der Waals surface area contributed by atoms with Gasteiger partial charge in [0.1, 0.15) is 0 Å². The first kappa shape index (κ1) is 16.9. The predicted molar refractivity (Wildman–Crippen MR) is 87.0 cm³/mol. The van der Waals surface area contributed by atoms with E-state index in [1.807, 2.05) is 18.9 Å². The second kappa shape index (κ2) is 8.25. The maximum absolute atomic E-state index is 12.6. The molecule has 0 unspecified atom stereocenters. The molecule has 1 atom stereocenters. The summed E-state index contributed by atoms with van der Waals surface area (Å²) in [4.78, 5) is 20.9. The number of carbonyl (C=O) groups excluding carboxylic acids is 1. The van der Waals surface area contributed by atoms with E-state index < -0.39 is 0 Å². The molecular weight excluding hydrogens is 278 g/mol. The number of piperidine rings is 1. The first-order valence-electron chi connectivity index (χ1n) is 7.99. The number of aryl methyl sites for hydroxylation is 1. The van der Waals surface area contributed by atoms with Crippen LogP contribution in [0.15, 0.2) is 18.5 Å². The minimum Gasteiger partial charge on any atom is -0.383 e. The van der Waals surface area contributed by atoms with Gasteiger partial charge >= 0.3 is 0 Å². The average molecular weight is 305 g/mol. The number of likely N-dealkylation sites (tertiary alicyclic amines) is 1. The standard InChI is InChI=1S/C17H27N3O2/c1-14-11-18-7-6-16(14)17(21)19(2)12-15-5-4-8-20(13-15)9-10-22-3/h6-7,11,15H,4-5,8-10,12-13H2,1-3H3/t15-/m1/s1. The van der Waals surface area contributed by atoms with Crippen molar-refractivity contribution >= 4 is 5.91 Å². The minimum absolute atomic E-state index is 0.0916. The summed E-state index contributed by atoms with van der Waals surface area (Å²) in [6, 6.07) is 1.81. The van der Waals surface area contributed by atoms with Crippen LogP contribution in [0.25, 0.3) is 0 Å². The predicted octanol–water partition coefficient (Wildman–Crippen LogP) is 1.82. The molecule has 2 heterocycles. The number of aromatic nitrogens is 1. The number of rotatable bonds is 6. The lowest BCUT2D eigenvalue weighted by atomic mass is 9.97. The van der Waals surface area contributed by atoms with Gasteiger partial charge in [0.15, 0.2) is 0 Å². The Labute approximate surface area is 133 Å². The number of methoxy groups -OCH3 is 1. The Hall–Kier alpha value is -1.46. The van der Waals surface area contributed by atoms with E-state index in [2.05, 4.69) is 9.88 Å². The van der Waals surface area contributed by atoms with Crippen molar-refractivity contribution in [2.75, 3.05) is 46.9 Å². The molecule has 0 saturated carbocycles. The molecule has 1 saturated heterocycles. The molecule has 5 nitrogen and oxygen atoms in total. The smallest absolute Gasteiger partial charge is 0.253 e. The second-order valence-corrected chi connectivity index (χ2v) is 6.18. The van der Waals surface area contributed by atoms with Crippen molar-refractivity contribution < 1.29 is 9.53 Å². The summed E-state index contributed by atoms with van der Waals surface area (Å²) in [7, 11) is 3.64. The van der Waals surface area contributed by atoms with E-state index in [-0.39, 0.29) is 5.91 Å². The highest BCUT2D eigenvalue weighted by Crippen LogP contribution is 2.18. The van der Waals surface area contributed by atoms with Gasteiger partial charge in [0.2, 0.25) is 0 Å². The van der Waals surface area contributed by atoms with Crippen molar-refractivity contribution in [1.82, 2.24) is 14.8 Å². The van der Waals surface area contributed by atoms with Crippen LogP contribution < -0.4 is 0 Å². The van der Waals surface area contributed by atoms with Crippen LogP contribution in [0, 0.1) is 12.8 Å². The third-order valence-corrected chi connectivity index (χ3v) is 4.34. The first-order valence-corrected chi connectivity index (χ1v) is 7.99. The van der Waals surface area contributed by atoms with E-state index >= 15 is 0 Å². The van der Waals surface area contributed by atoms with Gasteiger partial charge in [-0.15, -0.1) is 0 Å². The number of hydrogen-bond donors (Lipinski definition) is 0. The summed E-state index contributed by atoms with van der Waals surface area (Å²) >= 11 is 0. The molecule has 1 aromatic rings. The van der Waals surface area contributed by atoms with Crippen LogP contribution in [-0.2, 0) is 4.74 Å². The Morgan fingerprint density at radius 1 is 1.55 bits per heavy atom. The number of carbonyl (C=O) groups is 1. The summed E-state index contributed by atoms with van der Waals surface area (Å²) in [5.41, 5.74) is 1.69. The fourth-order valence-corrected chi connectivity index (χ4v) is 3.11. The summed E-state index contributed by atoms with van der Waals surface area (Å²) < 4.78 is 5.16. The number of ether oxygens (including phenoxy) is 1. The quantitative estimate of drug-likeness (QED) is 0.804. The van der Waals surface area contributed by atoms with E-state index in [0.29, 0.717) is 5.92 Å². The fourth-order valence-electron chi connectivity index (χ4n) is 3.11. The normalized spacial score (nSPS) is 19.1. The van der Waals surface area contributed by atoms with E-state index in [4.69, 9.17) is 4.74 Å². The van der Waals surface area contributed by atoms with E-state index in [0.717, 1.165) is 43.9 Å². The van der Waals surface area contributed by atoms with Gasteiger partial charge in [-0.3, -0.25) is 9.78 Å². The van der Waals surface area contributed by atoms with Gasteiger partial charge < -0.3 is 14.5 Å². The molecule has 1 amide bonds. The zero-order valence-electron chi connectivity index (χ0n) is 13.9. The number of nitrogens with zero attached hydrogens (tertiary/aromatic N) is 3. The highest BCUT2D eigenvalue weighted by molar-refractivity contribution is 5.95. The molecule has 0 radical (unpaired) electrons. The van der Waals surface area contributed by atoms with Gasteiger partial charge in [-0.05, 0) is 43.9 Å². The van der Waals surface area contributed by atoms with Crippen LogP contribution in [0.2, 0.25) is 0 Å². The van der Waals surface area contributed by atoms with E-state index in [1.54, 1.807) is 25.6 Å². The Kier molecular flexibility index (Phi) is 6.34. The summed E-state index contributed by atoms with van der Waals surface area (Å²) in [5, 5.41) is 0. The first-order chi connectivity index (χ1) is 10.6. The fraction of sp³-hybridized carbons (Fsp3) is 0.647. The van der Waals surface area contributed by atoms with Crippen molar-refractivity contribution in [3.05, 3.63) is 29.6 Å². The van der Waals surface area contributed by atoms with Gasteiger partial charge in [-0.1, -0.05) is 0 Å². The van der Waals surface area contributed by atoms with Crippen molar-refractivity contribution in [1.29, 1.82) is 0 Å². The second-order valence-electron chi connectivity index (χ2n) is 6.18. The van der Waals surface area contributed by atoms with Crippen LogP contribution in [0.5, 0.6) is 0 Å². The van der Waals surface area contributed by atoms with Crippen molar-refractivity contribution in [2.45, 2.75) is 19.8 Å². The Balaban J connectivity index is 1.89. The molecule has 5 heteroatoms. The SMILES string of the molecule is COCCN1CCC[C@H](CN(C)C(=O)c2ccncc2C)C1. The third-order valence-electron chi connectivity index (χ3n) is 4.34. The molecule has 1 aromatic heterocycles. The van der Waals surface area contributed by atoms with Gasteiger partial charge in [-0.25, -0.2) is 0 Å². The van der Waals surface area contributed by atoms with Crippen LogP contribution in [-0.4, -0.2) is 67.6 Å². The molecule has 2 rings (SSSR count). The van der Waals surface area contributed by atoms with E-state index in [9.17, 15) is 4.79 Å². The van der Waals surface area contributed by atoms with Crippen LogP contribution in [0.4, 0.5) is 0 Å². The molecule has 0 bridgehead atoms. The van der Waals surface area contributed by atoms with Crippen molar-refractivity contribution in [3.8, 4) is 0 Å². The molecule has 1 aliphatic rings. The molecule has 0 aromatic carbocycles. The molecule has 1 aliphatic heterocycles. The summed E-state index contributed by atoms with van der Waals surface area (Å²) in [6.07, 6.45) is 5.82. The Morgan fingerprint density at radius 3 is 3.09 bits per heavy atom. The molecule has 22 heavy (non-hydrogen) atoms. The topological polar surface area (TPSA) is 45.7 Å². The lowest BCUT2D eigenvalue weighted by Crippen LogP contribution is -2.42. The zero-order valence-corrected chi connectivity index (χ0v) is 13.9. The van der Waals surface area contributed by atoms with Crippen molar-refractivity contribution in [2.24, 2.45) is 5.92 Å². The average Bonchev–Trinajstić information content (AvgIpc) is 2.53. The van der Waals surface area contributed by atoms with E-state index in [1.165, 1.54) is 12.8 Å². The van der Waals surface area contributed by atoms with Crippen molar-refractivity contribution in [3.63, 3.8) is 0 Å². The highest BCUT2D eigenvalue weighted by atomic mass is 16.5. The highest BCUT2D eigenvalue weighted by Gasteiger charge is 2.23. The van der Waals surface area contributed by atoms with Crippen LogP contribution in [0.1, 0.15) is 28.8 Å². The number of pyridine rings is 1. The lowest BCUT2D eigenvalue weighted by molar-refractivity contribution is 0.0702. The summed E-state index contributed by atoms with van der Waals surface area (Å²) in [6.45, 7) is 6.69. The molecule has 1 fully saturated rings. The molecule has 0 N–H and O–H groups in total. The van der Waals surface area contributed by atoms with Gasteiger partial charge in [0.05, 0.1) is 6.61 Å². The zero-order chi connectivity index (χ0) is 15.9. The monoisotopic (exact) mass is 305 g/mol. The third kappa shape index (κ3) is 4.52. The van der Waals surface area contributed by atoms with Gasteiger partial charge in [0, 0.05) is 51.7 Å². The molecule has 0 aliphatic carbocycles. The van der Waals surface area contributed by atoms with Gasteiger partial charge in [0.25, 0.3) is 5.91 Å². The van der Waals surface area contributed by atoms with Crippen LogP contribution >= 0.6 is 0 Å². The Morgan fingerprint density at radius 2 is 2.36 bits per heavy atom. The van der Waals surface area contributed by atoms with Crippen LogP contribution in [0.3, 0.4) is 0 Å². The largest absolute Gasteiger partial charge is 0.383 e. The number of amides is 1.